The van der Waals surface area contributed by atoms with Crippen molar-refractivity contribution in [3.63, 3.8) is 0 Å². The molecule has 0 fully saturated rings. The topological polar surface area (TPSA) is 78.2 Å². The van der Waals surface area contributed by atoms with Crippen LogP contribution in [0.4, 0.5) is 13.2 Å². The first-order valence-corrected chi connectivity index (χ1v) is 8.44. The molecule has 0 bridgehead atoms. The zero-order valence-corrected chi connectivity index (χ0v) is 13.8. The van der Waals surface area contributed by atoms with Crippen molar-refractivity contribution < 1.29 is 26.7 Å². The van der Waals surface area contributed by atoms with Gasteiger partial charge in [0, 0.05) is 0 Å². The minimum Gasteiger partial charge on any atom is -0.508 e. The second-order valence-corrected chi connectivity index (χ2v) is 7.18. The summed E-state index contributed by atoms with van der Waals surface area (Å²) in [5.74, 6) is -0.165. The number of nitriles is 1. The van der Waals surface area contributed by atoms with Gasteiger partial charge in [-0.15, -0.1) is 0 Å². The molecule has 0 saturated carbocycles. The molecule has 0 saturated heterocycles. The molecule has 0 amide bonds. The standard InChI is InChI=1S/C16H9ClF3NO3S/c17-15-8-12(22)5-4-10(15)6-14(9-21)25(23,24)13-3-1-2-11(7-13)16(18,19)20/h1-8,22H. The van der Waals surface area contributed by atoms with Crippen LogP contribution >= 0.6 is 11.6 Å². The fraction of sp³-hybridized carbons (Fsp3) is 0.0625. The molecule has 1 N–H and O–H groups in total. The van der Waals surface area contributed by atoms with Crippen molar-refractivity contribution in [2.75, 3.05) is 0 Å². The summed E-state index contributed by atoms with van der Waals surface area (Å²) in [6.45, 7) is 0. The minimum absolute atomic E-state index is 0.0213. The van der Waals surface area contributed by atoms with Crippen LogP contribution < -0.4 is 0 Å². The number of hydrogen-bond acceptors (Lipinski definition) is 4. The molecule has 25 heavy (non-hydrogen) atoms. The number of alkyl halides is 3. The van der Waals surface area contributed by atoms with E-state index in [1.54, 1.807) is 0 Å². The average Bonchev–Trinajstić information content (AvgIpc) is 2.53. The second-order valence-electron chi connectivity index (χ2n) is 4.86. The lowest BCUT2D eigenvalue weighted by molar-refractivity contribution is -0.137. The molecule has 2 rings (SSSR count). The summed E-state index contributed by atoms with van der Waals surface area (Å²) >= 11 is 5.85. The molecule has 0 aromatic heterocycles. The fourth-order valence-electron chi connectivity index (χ4n) is 1.91. The highest BCUT2D eigenvalue weighted by molar-refractivity contribution is 7.95. The van der Waals surface area contributed by atoms with Gasteiger partial charge in [-0.1, -0.05) is 17.7 Å². The summed E-state index contributed by atoms with van der Waals surface area (Å²) in [6, 6.07) is 8.19. The van der Waals surface area contributed by atoms with Crippen molar-refractivity contribution in [2.45, 2.75) is 11.1 Å². The van der Waals surface area contributed by atoms with Crippen molar-refractivity contribution in [2.24, 2.45) is 0 Å². The number of hydrogen-bond donors (Lipinski definition) is 1. The molecular formula is C16H9ClF3NO3S. The van der Waals surface area contributed by atoms with Crippen LogP contribution in [0.5, 0.6) is 5.75 Å². The lowest BCUT2D eigenvalue weighted by atomic mass is 10.2. The summed E-state index contributed by atoms with van der Waals surface area (Å²) in [5.41, 5.74) is -1.03. The first kappa shape index (κ1) is 18.8. The average molecular weight is 388 g/mol. The van der Waals surface area contributed by atoms with Gasteiger partial charge in [-0.3, -0.25) is 0 Å². The van der Waals surface area contributed by atoms with Crippen molar-refractivity contribution in [3.8, 4) is 11.8 Å². The van der Waals surface area contributed by atoms with Gasteiger partial charge in [0.05, 0.1) is 15.5 Å². The predicted molar refractivity (Wildman–Crippen MR) is 85.3 cm³/mol. The van der Waals surface area contributed by atoms with Crippen molar-refractivity contribution >= 4 is 27.5 Å². The Labute approximate surface area is 146 Å². The number of sulfone groups is 1. The van der Waals surface area contributed by atoms with Crippen LogP contribution in [0.25, 0.3) is 6.08 Å². The lowest BCUT2D eigenvalue weighted by Crippen LogP contribution is -2.08. The molecule has 0 spiro atoms. The SMILES string of the molecule is N#CC(=Cc1ccc(O)cc1Cl)S(=O)(=O)c1cccc(C(F)(F)F)c1. The van der Waals surface area contributed by atoms with E-state index < -0.39 is 31.4 Å². The van der Waals surface area contributed by atoms with E-state index in [0.717, 1.165) is 30.3 Å². The summed E-state index contributed by atoms with van der Waals surface area (Å²) in [6.07, 6.45) is -3.79. The minimum atomic E-state index is -4.72. The zero-order valence-electron chi connectivity index (χ0n) is 12.2. The van der Waals surface area contributed by atoms with Crippen molar-refractivity contribution in [3.05, 3.63) is 63.5 Å². The molecule has 2 aromatic rings. The molecule has 130 valence electrons. The van der Waals surface area contributed by atoms with Gasteiger partial charge in [0.1, 0.15) is 16.7 Å². The number of nitrogens with zero attached hydrogens (tertiary/aromatic N) is 1. The van der Waals surface area contributed by atoms with Gasteiger partial charge in [0.15, 0.2) is 0 Å². The highest BCUT2D eigenvalue weighted by Gasteiger charge is 2.32. The quantitative estimate of drug-likeness (QED) is 0.791. The van der Waals surface area contributed by atoms with Gasteiger partial charge in [0.2, 0.25) is 9.84 Å². The summed E-state index contributed by atoms with van der Waals surface area (Å²) < 4.78 is 63.2. The van der Waals surface area contributed by atoms with Crippen molar-refractivity contribution in [1.82, 2.24) is 0 Å². The number of halogens is 4. The smallest absolute Gasteiger partial charge is 0.416 e. The Morgan fingerprint density at radius 3 is 2.44 bits per heavy atom. The third-order valence-corrected chi connectivity index (χ3v) is 5.13. The largest absolute Gasteiger partial charge is 0.508 e. The van der Waals surface area contributed by atoms with Crippen LogP contribution in [0.15, 0.2) is 52.3 Å². The lowest BCUT2D eigenvalue weighted by Gasteiger charge is -2.09. The first-order valence-electron chi connectivity index (χ1n) is 6.58. The van der Waals surface area contributed by atoms with Gasteiger partial charge in [-0.2, -0.15) is 18.4 Å². The van der Waals surface area contributed by atoms with Gasteiger partial charge in [-0.25, -0.2) is 8.42 Å². The van der Waals surface area contributed by atoms with Gasteiger partial charge in [0.25, 0.3) is 0 Å². The molecule has 4 nitrogen and oxygen atoms in total. The summed E-state index contributed by atoms with van der Waals surface area (Å²) in [7, 11) is -4.48. The normalized spacial score (nSPS) is 12.7. The molecule has 0 heterocycles. The molecule has 0 atom stereocenters. The second kappa shape index (κ2) is 6.78. The van der Waals surface area contributed by atoms with Gasteiger partial charge in [-0.05, 0) is 48.0 Å². The molecular weight excluding hydrogens is 379 g/mol. The maximum absolute atomic E-state index is 12.8. The van der Waals surface area contributed by atoms with E-state index in [-0.39, 0.29) is 16.3 Å². The number of allylic oxidation sites excluding steroid dienone is 1. The molecule has 0 radical (unpaired) electrons. The van der Waals surface area contributed by atoms with Gasteiger partial charge >= 0.3 is 6.18 Å². The number of aromatic hydroxyl groups is 1. The summed E-state index contributed by atoms with van der Waals surface area (Å²) in [4.78, 5) is -1.44. The monoisotopic (exact) mass is 387 g/mol. The third-order valence-electron chi connectivity index (χ3n) is 3.14. The molecule has 2 aromatic carbocycles. The third kappa shape index (κ3) is 4.13. The van der Waals surface area contributed by atoms with Crippen LogP contribution in [0.3, 0.4) is 0 Å². The van der Waals surface area contributed by atoms with Crippen LogP contribution in [0, 0.1) is 11.3 Å². The highest BCUT2D eigenvalue weighted by atomic mass is 35.5. The van der Waals surface area contributed by atoms with E-state index in [4.69, 9.17) is 16.9 Å². The zero-order chi connectivity index (χ0) is 18.8. The maximum atomic E-state index is 12.8. The molecule has 0 aliphatic rings. The number of rotatable bonds is 3. The Kier molecular flexibility index (Phi) is 5.11. The Balaban J connectivity index is 2.57. The fourth-order valence-corrected chi connectivity index (χ4v) is 3.34. The van der Waals surface area contributed by atoms with Gasteiger partial charge < -0.3 is 5.11 Å². The molecule has 9 heteroatoms. The van der Waals surface area contributed by atoms with Crippen LogP contribution in [-0.2, 0) is 16.0 Å². The van der Waals surface area contributed by atoms with Crippen LogP contribution in [0.2, 0.25) is 5.02 Å². The maximum Gasteiger partial charge on any atom is 0.416 e. The van der Waals surface area contributed by atoms with E-state index in [2.05, 4.69) is 0 Å². The molecule has 0 aliphatic carbocycles. The Hall–Kier alpha value is -2.50. The van der Waals surface area contributed by atoms with E-state index in [9.17, 15) is 26.7 Å². The Morgan fingerprint density at radius 2 is 1.88 bits per heavy atom. The van der Waals surface area contributed by atoms with E-state index in [1.807, 2.05) is 0 Å². The molecule has 0 aliphatic heterocycles. The Bertz CT molecular complexity index is 992. The predicted octanol–water partition coefficient (Wildman–Crippen LogP) is 4.40. The van der Waals surface area contributed by atoms with E-state index in [0.29, 0.717) is 6.07 Å². The van der Waals surface area contributed by atoms with E-state index >= 15 is 0 Å². The first-order chi connectivity index (χ1) is 11.6. The van der Waals surface area contributed by atoms with Crippen LogP contribution in [0.1, 0.15) is 11.1 Å². The van der Waals surface area contributed by atoms with E-state index in [1.165, 1.54) is 18.2 Å². The number of benzene rings is 2. The Morgan fingerprint density at radius 1 is 1.20 bits per heavy atom. The molecule has 0 unspecified atom stereocenters. The number of phenols is 1. The number of phenolic OH excluding ortho intramolecular Hbond substituents is 1. The van der Waals surface area contributed by atoms with Crippen LogP contribution in [-0.4, -0.2) is 13.5 Å². The highest BCUT2D eigenvalue weighted by Crippen LogP contribution is 2.32. The van der Waals surface area contributed by atoms with Crippen molar-refractivity contribution in [1.29, 1.82) is 5.26 Å². The summed E-state index contributed by atoms with van der Waals surface area (Å²) in [5, 5.41) is 18.4.